The maximum Gasteiger partial charge on any atom is 0.266 e. The van der Waals surface area contributed by atoms with E-state index in [1.807, 2.05) is 6.07 Å². The van der Waals surface area contributed by atoms with Gasteiger partial charge in [-0.2, -0.15) is 0 Å². The molecule has 1 aliphatic rings. The topological polar surface area (TPSA) is 69.6 Å². The number of rotatable bonds is 7. The van der Waals surface area contributed by atoms with Gasteiger partial charge in [0.1, 0.15) is 28.7 Å². The zero-order chi connectivity index (χ0) is 20.6. The number of nitrogens with zero attached hydrogens (tertiary/aromatic N) is 2. The van der Waals surface area contributed by atoms with Crippen LogP contribution in [0.4, 0.5) is 5.69 Å². The van der Waals surface area contributed by atoms with Crippen molar-refractivity contribution in [1.29, 1.82) is 0 Å². The van der Waals surface area contributed by atoms with Crippen LogP contribution in [0.25, 0.3) is 0 Å². The van der Waals surface area contributed by atoms with Crippen LogP contribution in [0.5, 0.6) is 23.0 Å². The summed E-state index contributed by atoms with van der Waals surface area (Å²) in [4.78, 5) is 19.1. The van der Waals surface area contributed by atoms with Gasteiger partial charge in [0.25, 0.3) is 5.91 Å². The highest BCUT2D eigenvalue weighted by Crippen LogP contribution is 2.33. The largest absolute Gasteiger partial charge is 0.497 e. The molecular weight excluding hydrogens is 392 g/mol. The van der Waals surface area contributed by atoms with Crippen LogP contribution in [0.1, 0.15) is 6.42 Å². The second-order valence-corrected chi connectivity index (χ2v) is 7.21. The minimum Gasteiger partial charge on any atom is -0.497 e. The zero-order valence-electron chi connectivity index (χ0n) is 16.7. The van der Waals surface area contributed by atoms with Crippen molar-refractivity contribution in [3.05, 3.63) is 42.5 Å². The van der Waals surface area contributed by atoms with Gasteiger partial charge >= 0.3 is 0 Å². The average Bonchev–Trinajstić information content (AvgIpc) is 2.78. The van der Waals surface area contributed by atoms with E-state index in [9.17, 15) is 4.79 Å². The molecule has 0 aromatic heterocycles. The van der Waals surface area contributed by atoms with Crippen molar-refractivity contribution in [1.82, 2.24) is 4.90 Å². The minimum absolute atomic E-state index is 0.0683. The van der Waals surface area contributed by atoms with Crippen molar-refractivity contribution in [3.8, 4) is 23.0 Å². The summed E-state index contributed by atoms with van der Waals surface area (Å²) in [7, 11) is 4.79. The van der Waals surface area contributed by atoms with Crippen LogP contribution in [0, 0.1) is 0 Å². The number of carbonyl (C=O) groups is 1. The molecule has 0 bridgehead atoms. The van der Waals surface area contributed by atoms with E-state index in [4.69, 9.17) is 18.9 Å². The molecule has 7 nitrogen and oxygen atoms in total. The summed E-state index contributed by atoms with van der Waals surface area (Å²) in [5.41, 5.74) is 0.616. The first kappa shape index (κ1) is 20.9. The van der Waals surface area contributed by atoms with Crippen LogP contribution in [0.3, 0.4) is 0 Å². The summed E-state index contributed by atoms with van der Waals surface area (Å²) in [5, 5.41) is 0.631. The molecule has 0 N–H and O–H groups in total. The van der Waals surface area contributed by atoms with E-state index in [1.165, 1.54) is 0 Å². The predicted octanol–water partition coefficient (Wildman–Crippen LogP) is 3.74. The van der Waals surface area contributed by atoms with Crippen LogP contribution in [0.15, 0.2) is 47.5 Å². The first-order valence-electron chi connectivity index (χ1n) is 9.15. The third-order valence-electron chi connectivity index (χ3n) is 4.31. The van der Waals surface area contributed by atoms with E-state index >= 15 is 0 Å². The molecule has 3 rings (SSSR count). The number of aliphatic imine (C=N–C) groups is 1. The third kappa shape index (κ3) is 5.35. The Morgan fingerprint density at radius 1 is 1.00 bits per heavy atom. The second-order valence-electron chi connectivity index (χ2n) is 6.14. The van der Waals surface area contributed by atoms with Gasteiger partial charge in [-0.05, 0) is 42.8 Å². The maximum absolute atomic E-state index is 12.8. The molecule has 1 heterocycles. The van der Waals surface area contributed by atoms with Gasteiger partial charge in [0.15, 0.2) is 11.8 Å². The maximum atomic E-state index is 12.8. The lowest BCUT2D eigenvalue weighted by atomic mass is 10.3. The molecule has 29 heavy (non-hydrogen) atoms. The van der Waals surface area contributed by atoms with Crippen LogP contribution in [-0.2, 0) is 4.79 Å². The first-order valence-corrected chi connectivity index (χ1v) is 10.1. The smallest absolute Gasteiger partial charge is 0.266 e. The van der Waals surface area contributed by atoms with Crippen LogP contribution < -0.4 is 18.9 Å². The molecule has 0 radical (unpaired) electrons. The Hall–Kier alpha value is -2.87. The molecule has 154 valence electrons. The molecule has 1 amide bonds. The summed E-state index contributed by atoms with van der Waals surface area (Å²) >= 11 is 1.54. The van der Waals surface area contributed by atoms with Gasteiger partial charge in [-0.3, -0.25) is 9.69 Å². The molecule has 2 aromatic carbocycles. The van der Waals surface area contributed by atoms with Gasteiger partial charge in [-0.1, -0.05) is 11.8 Å². The van der Waals surface area contributed by atoms with Crippen LogP contribution in [0.2, 0.25) is 0 Å². The fourth-order valence-electron chi connectivity index (χ4n) is 2.77. The predicted molar refractivity (Wildman–Crippen MR) is 114 cm³/mol. The molecule has 0 spiro atoms. The fraction of sp³-hybridized carbons (Fsp3) is 0.333. The molecule has 0 atom stereocenters. The lowest BCUT2D eigenvalue weighted by Gasteiger charge is -2.27. The molecule has 0 aliphatic carbocycles. The van der Waals surface area contributed by atoms with Gasteiger partial charge in [0.2, 0.25) is 0 Å². The lowest BCUT2D eigenvalue weighted by molar-refractivity contribution is -0.129. The number of carbonyl (C=O) groups excluding carboxylic acids is 1. The highest BCUT2D eigenvalue weighted by atomic mass is 32.2. The Kier molecular flexibility index (Phi) is 7.24. The Morgan fingerprint density at radius 2 is 1.69 bits per heavy atom. The molecule has 1 saturated heterocycles. The van der Waals surface area contributed by atoms with E-state index in [0.717, 1.165) is 17.9 Å². The summed E-state index contributed by atoms with van der Waals surface area (Å²) in [5.74, 6) is 3.38. The molecule has 1 fully saturated rings. The highest BCUT2D eigenvalue weighted by molar-refractivity contribution is 8.13. The van der Waals surface area contributed by atoms with Gasteiger partial charge in [-0.25, -0.2) is 4.99 Å². The van der Waals surface area contributed by atoms with Crippen molar-refractivity contribution in [3.63, 3.8) is 0 Å². The Bertz CT molecular complexity index is 870. The Labute approximate surface area is 174 Å². The second kappa shape index (κ2) is 10.1. The number of thioether (sulfide) groups is 1. The average molecular weight is 416 g/mol. The minimum atomic E-state index is -0.145. The number of benzene rings is 2. The summed E-state index contributed by atoms with van der Waals surface area (Å²) in [6.07, 6.45) is 0.896. The monoisotopic (exact) mass is 416 g/mol. The molecular formula is C21H24N2O5S. The van der Waals surface area contributed by atoms with E-state index in [-0.39, 0.29) is 12.5 Å². The normalized spacial score (nSPS) is 15.1. The molecule has 1 aliphatic heterocycles. The molecule has 2 aromatic rings. The number of methoxy groups -OCH3 is 3. The van der Waals surface area contributed by atoms with E-state index in [2.05, 4.69) is 4.99 Å². The van der Waals surface area contributed by atoms with Crippen molar-refractivity contribution in [2.24, 2.45) is 4.99 Å². The van der Waals surface area contributed by atoms with Crippen LogP contribution in [-0.4, -0.2) is 56.2 Å². The Balaban J connectivity index is 1.74. The summed E-state index contributed by atoms with van der Waals surface area (Å²) in [6, 6.07) is 12.5. The number of ether oxygens (including phenoxy) is 4. The van der Waals surface area contributed by atoms with Gasteiger partial charge in [0.05, 0.1) is 21.3 Å². The molecule has 8 heteroatoms. The summed E-state index contributed by atoms with van der Waals surface area (Å²) in [6.45, 7) is 0.532. The molecule has 0 saturated carbocycles. The van der Waals surface area contributed by atoms with Gasteiger partial charge < -0.3 is 18.9 Å². The fourth-order valence-corrected chi connectivity index (χ4v) is 3.73. The van der Waals surface area contributed by atoms with Crippen molar-refractivity contribution in [2.75, 3.05) is 40.2 Å². The number of amides is 1. The van der Waals surface area contributed by atoms with E-state index in [1.54, 1.807) is 74.4 Å². The lowest BCUT2D eigenvalue weighted by Crippen LogP contribution is -2.41. The summed E-state index contributed by atoms with van der Waals surface area (Å²) < 4.78 is 21.4. The van der Waals surface area contributed by atoms with Crippen LogP contribution >= 0.6 is 11.8 Å². The zero-order valence-corrected chi connectivity index (χ0v) is 17.5. The Morgan fingerprint density at radius 3 is 2.38 bits per heavy atom. The van der Waals surface area contributed by atoms with E-state index in [0.29, 0.717) is 34.6 Å². The number of hydrogen-bond acceptors (Lipinski definition) is 7. The highest BCUT2D eigenvalue weighted by Gasteiger charge is 2.24. The van der Waals surface area contributed by atoms with Crippen molar-refractivity contribution in [2.45, 2.75) is 6.42 Å². The number of hydrogen-bond donors (Lipinski definition) is 0. The van der Waals surface area contributed by atoms with Crippen molar-refractivity contribution >= 4 is 28.5 Å². The third-order valence-corrected chi connectivity index (χ3v) is 5.38. The number of amidine groups is 1. The van der Waals surface area contributed by atoms with Gasteiger partial charge in [0, 0.05) is 18.4 Å². The quantitative estimate of drug-likeness (QED) is 0.685. The van der Waals surface area contributed by atoms with Gasteiger partial charge in [-0.15, -0.1) is 0 Å². The first-order chi connectivity index (χ1) is 14.1. The van der Waals surface area contributed by atoms with Crippen molar-refractivity contribution < 1.29 is 23.7 Å². The molecule has 0 unspecified atom stereocenters. The van der Waals surface area contributed by atoms with E-state index < -0.39 is 0 Å². The SMILES string of the molecule is COc1ccc(OCC(=O)N2CCCSC2=Nc2cc(OC)ccc2OC)cc1. The standard InChI is InChI=1S/C21H24N2O5S/c1-25-15-5-7-16(8-6-15)28-14-20(24)23-11-4-12-29-21(23)22-18-13-17(26-2)9-10-19(18)27-3/h5-10,13H,4,11-12,14H2,1-3H3.